The van der Waals surface area contributed by atoms with Crippen molar-refractivity contribution in [2.45, 2.75) is 23.7 Å². The maximum atomic E-state index is 13.5. The van der Waals surface area contributed by atoms with E-state index in [9.17, 15) is 31.2 Å². The summed E-state index contributed by atoms with van der Waals surface area (Å²) in [4.78, 5) is 23.3. The molecule has 27 heavy (non-hydrogen) atoms. The summed E-state index contributed by atoms with van der Waals surface area (Å²) in [6, 6.07) is 9.05. The van der Waals surface area contributed by atoms with E-state index in [-0.39, 0.29) is 11.3 Å². The summed E-state index contributed by atoms with van der Waals surface area (Å²) in [5.41, 5.74) is -0.235. The Labute approximate surface area is 152 Å². The molecule has 0 aliphatic rings. The molecule has 2 rings (SSSR count). The Kier molecular flexibility index (Phi) is 6.21. The molecular weight excluding hydrogens is 387 g/mol. The van der Waals surface area contributed by atoms with Gasteiger partial charge in [-0.25, -0.2) is 17.6 Å². The predicted octanol–water partition coefficient (Wildman–Crippen LogP) is 3.01. The standard InChI is InChI=1S/C17H14F3NO5S/c1-10(15(22)21-14-5-3-2-4-13(14)18)26-16(23)11-6-8-12(9-7-11)27(24,25)17(19)20/h2-10,17H,1H3,(H,21,22)/t10-/m0/s1. The molecule has 0 radical (unpaired) electrons. The highest BCUT2D eigenvalue weighted by Crippen LogP contribution is 2.19. The normalized spacial score (nSPS) is 12.5. The lowest BCUT2D eigenvalue weighted by molar-refractivity contribution is -0.123. The molecule has 0 saturated heterocycles. The van der Waals surface area contributed by atoms with Gasteiger partial charge in [0.25, 0.3) is 5.91 Å². The number of carbonyl (C=O) groups is 2. The van der Waals surface area contributed by atoms with Crippen molar-refractivity contribution >= 4 is 27.4 Å². The van der Waals surface area contributed by atoms with E-state index in [0.717, 1.165) is 30.3 Å². The van der Waals surface area contributed by atoms with Crippen molar-refractivity contribution in [1.29, 1.82) is 0 Å². The number of nitrogens with one attached hydrogen (secondary N) is 1. The Bertz CT molecular complexity index is 945. The minimum Gasteiger partial charge on any atom is -0.449 e. The molecule has 0 aromatic heterocycles. The minimum atomic E-state index is -4.78. The average molecular weight is 401 g/mol. The van der Waals surface area contributed by atoms with Crippen LogP contribution < -0.4 is 5.32 Å². The number of sulfone groups is 1. The maximum absolute atomic E-state index is 13.5. The fourth-order valence-electron chi connectivity index (χ4n) is 1.96. The van der Waals surface area contributed by atoms with Crippen LogP contribution in [0.5, 0.6) is 0 Å². The lowest BCUT2D eigenvalue weighted by atomic mass is 10.2. The monoisotopic (exact) mass is 401 g/mol. The number of hydrogen-bond acceptors (Lipinski definition) is 5. The fraction of sp³-hybridized carbons (Fsp3) is 0.176. The highest BCUT2D eigenvalue weighted by atomic mass is 32.2. The molecule has 2 aromatic rings. The minimum absolute atomic E-state index is 0.0908. The van der Waals surface area contributed by atoms with Crippen molar-refractivity contribution in [2.75, 3.05) is 5.32 Å². The van der Waals surface area contributed by atoms with Crippen LogP contribution in [0.1, 0.15) is 17.3 Å². The van der Waals surface area contributed by atoms with Gasteiger partial charge in [-0.05, 0) is 43.3 Å². The van der Waals surface area contributed by atoms with Gasteiger partial charge in [0, 0.05) is 0 Å². The molecule has 0 bridgehead atoms. The molecule has 1 atom stereocenters. The zero-order chi connectivity index (χ0) is 20.2. The number of ether oxygens (including phenoxy) is 1. The van der Waals surface area contributed by atoms with Crippen molar-refractivity contribution in [3.05, 3.63) is 59.9 Å². The Morgan fingerprint density at radius 2 is 1.63 bits per heavy atom. The smallest absolute Gasteiger partial charge is 0.341 e. The summed E-state index contributed by atoms with van der Waals surface area (Å²) >= 11 is 0. The quantitative estimate of drug-likeness (QED) is 0.752. The van der Waals surface area contributed by atoms with E-state index in [4.69, 9.17) is 4.74 Å². The van der Waals surface area contributed by atoms with Gasteiger partial charge in [-0.1, -0.05) is 12.1 Å². The van der Waals surface area contributed by atoms with Crippen molar-refractivity contribution in [2.24, 2.45) is 0 Å². The number of halogens is 3. The van der Waals surface area contributed by atoms with Crippen LogP contribution in [0.3, 0.4) is 0 Å². The highest BCUT2D eigenvalue weighted by Gasteiger charge is 2.27. The van der Waals surface area contributed by atoms with E-state index in [2.05, 4.69) is 5.32 Å². The van der Waals surface area contributed by atoms with Gasteiger partial charge < -0.3 is 10.1 Å². The predicted molar refractivity (Wildman–Crippen MR) is 89.5 cm³/mol. The summed E-state index contributed by atoms with van der Waals surface area (Å²) in [6.07, 6.45) is -1.29. The number of esters is 1. The van der Waals surface area contributed by atoms with Gasteiger partial charge in [0.2, 0.25) is 9.84 Å². The van der Waals surface area contributed by atoms with Crippen molar-refractivity contribution < 1.29 is 35.9 Å². The van der Waals surface area contributed by atoms with E-state index < -0.39 is 44.3 Å². The van der Waals surface area contributed by atoms with Gasteiger partial charge in [-0.15, -0.1) is 0 Å². The summed E-state index contributed by atoms with van der Waals surface area (Å²) in [5, 5.41) is 2.25. The Morgan fingerprint density at radius 1 is 1.04 bits per heavy atom. The molecule has 2 aromatic carbocycles. The van der Waals surface area contributed by atoms with Crippen molar-refractivity contribution in [1.82, 2.24) is 0 Å². The number of amides is 1. The molecule has 10 heteroatoms. The SMILES string of the molecule is C[C@H](OC(=O)c1ccc(S(=O)(=O)C(F)F)cc1)C(=O)Nc1ccccc1F. The molecule has 0 aliphatic carbocycles. The average Bonchev–Trinajstić information content (AvgIpc) is 2.63. The zero-order valence-corrected chi connectivity index (χ0v) is 14.7. The van der Waals surface area contributed by atoms with Gasteiger partial charge in [0.15, 0.2) is 6.10 Å². The summed E-state index contributed by atoms with van der Waals surface area (Å²) in [6.45, 7) is 1.25. The highest BCUT2D eigenvalue weighted by molar-refractivity contribution is 7.91. The first-order valence-corrected chi connectivity index (χ1v) is 9.06. The van der Waals surface area contributed by atoms with Gasteiger partial charge in [-0.3, -0.25) is 4.79 Å². The van der Waals surface area contributed by atoms with Crippen LogP contribution in [0.25, 0.3) is 0 Å². The fourth-order valence-corrected chi connectivity index (χ4v) is 2.68. The second-order valence-electron chi connectivity index (χ2n) is 5.35. The number of carbonyl (C=O) groups excluding carboxylic acids is 2. The first-order chi connectivity index (χ1) is 12.6. The van der Waals surface area contributed by atoms with Crippen molar-refractivity contribution in [3.63, 3.8) is 0 Å². The van der Waals surface area contributed by atoms with E-state index >= 15 is 0 Å². The number of rotatable bonds is 6. The summed E-state index contributed by atoms with van der Waals surface area (Å²) < 4.78 is 66.0. The Morgan fingerprint density at radius 3 is 2.19 bits per heavy atom. The summed E-state index contributed by atoms with van der Waals surface area (Å²) in [5.74, 6) is -6.02. The van der Waals surface area contributed by atoms with Gasteiger partial charge in [-0.2, -0.15) is 8.78 Å². The van der Waals surface area contributed by atoms with Crippen LogP contribution in [-0.4, -0.2) is 32.2 Å². The van der Waals surface area contributed by atoms with E-state index in [1.54, 1.807) is 0 Å². The molecule has 0 aliphatic heterocycles. The van der Waals surface area contributed by atoms with Crippen molar-refractivity contribution in [3.8, 4) is 0 Å². The van der Waals surface area contributed by atoms with Gasteiger partial charge in [0.05, 0.1) is 16.1 Å². The molecule has 0 heterocycles. The van der Waals surface area contributed by atoms with E-state index in [0.29, 0.717) is 0 Å². The van der Waals surface area contributed by atoms with Gasteiger partial charge in [0.1, 0.15) is 5.82 Å². The molecule has 0 saturated carbocycles. The number of benzene rings is 2. The second-order valence-corrected chi connectivity index (χ2v) is 7.26. The third kappa shape index (κ3) is 4.85. The van der Waals surface area contributed by atoms with Crippen LogP contribution in [0.15, 0.2) is 53.4 Å². The molecule has 0 fully saturated rings. The topological polar surface area (TPSA) is 89.5 Å². The lowest BCUT2D eigenvalue weighted by Crippen LogP contribution is -2.30. The molecule has 144 valence electrons. The number of anilines is 1. The van der Waals surface area contributed by atoms with Gasteiger partial charge >= 0.3 is 11.7 Å². The summed E-state index contributed by atoms with van der Waals surface area (Å²) in [7, 11) is -4.78. The third-order valence-electron chi connectivity index (χ3n) is 3.44. The first-order valence-electron chi connectivity index (χ1n) is 7.51. The molecule has 1 N–H and O–H groups in total. The Balaban J connectivity index is 2.04. The van der Waals surface area contributed by atoms with Crippen LogP contribution in [0.2, 0.25) is 0 Å². The Hall–Kier alpha value is -2.88. The maximum Gasteiger partial charge on any atom is 0.341 e. The molecule has 1 amide bonds. The van der Waals surface area contributed by atoms with Crippen LogP contribution in [0.4, 0.5) is 18.9 Å². The first kappa shape index (κ1) is 20.4. The molecule has 0 unspecified atom stereocenters. The van der Waals surface area contributed by atoms with E-state index in [1.807, 2.05) is 0 Å². The van der Waals surface area contributed by atoms with Crippen LogP contribution >= 0.6 is 0 Å². The third-order valence-corrected chi connectivity index (χ3v) is 4.84. The molecular formula is C17H14F3NO5S. The van der Waals surface area contributed by atoms with E-state index in [1.165, 1.54) is 25.1 Å². The van der Waals surface area contributed by atoms with Crippen LogP contribution in [0, 0.1) is 5.82 Å². The van der Waals surface area contributed by atoms with Crippen LogP contribution in [-0.2, 0) is 19.4 Å². The largest absolute Gasteiger partial charge is 0.449 e. The molecule has 0 spiro atoms. The molecule has 6 nitrogen and oxygen atoms in total. The zero-order valence-electron chi connectivity index (χ0n) is 13.9. The second kappa shape index (κ2) is 8.21. The number of hydrogen-bond donors (Lipinski definition) is 1. The number of para-hydroxylation sites is 1. The number of alkyl halides is 2. The lowest BCUT2D eigenvalue weighted by Gasteiger charge is -2.14.